The molecule has 109 heavy (non-hydrogen) atoms. The minimum atomic E-state index is -1.85. The Bertz CT molecular complexity index is 3690. The topological polar surface area (TPSA) is 685 Å². The van der Waals surface area contributed by atoms with Gasteiger partial charge in [0.1, 0.15) is 66.5 Å². The minimum absolute atomic E-state index is 0.135. The Balaban J connectivity index is 2.11. The fourth-order valence-corrected chi connectivity index (χ4v) is 10.8. The van der Waals surface area contributed by atoms with E-state index < -0.39 is 249 Å². The van der Waals surface area contributed by atoms with Crippen LogP contribution in [0.3, 0.4) is 0 Å². The number of unbranched alkanes of at least 4 members (excludes halogenated alkanes) is 1. The average molecular weight is 1530 g/mol. The molecule has 18 amide bonds. The highest BCUT2D eigenvalue weighted by Gasteiger charge is 2.38. The van der Waals surface area contributed by atoms with Gasteiger partial charge < -0.3 is 109 Å². The Labute approximate surface area is 626 Å². The highest BCUT2D eigenvalue weighted by atomic mass is 16.4. The smallest absolute Gasteiger partial charge is 0.303 e. The second-order valence-corrected chi connectivity index (χ2v) is 25.6. The van der Waals surface area contributed by atoms with Crippen LogP contribution in [0.15, 0.2) is 91.0 Å². The first-order chi connectivity index (χ1) is 51.5. The number of nitrogens with two attached hydrogens (primary N) is 8. The van der Waals surface area contributed by atoms with Crippen molar-refractivity contribution in [1.29, 1.82) is 0 Å². The lowest BCUT2D eigenvalue weighted by molar-refractivity contribution is -0.139. The lowest BCUT2D eigenvalue weighted by Crippen LogP contribution is -2.61. The largest absolute Gasteiger partial charge is 0.481 e. The number of primary amides is 7. The van der Waals surface area contributed by atoms with Crippen molar-refractivity contribution in [2.24, 2.45) is 45.9 Å². The highest BCUT2D eigenvalue weighted by molar-refractivity contribution is 6.00. The van der Waals surface area contributed by atoms with E-state index in [0.29, 0.717) is 23.1 Å². The summed E-state index contributed by atoms with van der Waals surface area (Å²) in [7, 11) is 0. The summed E-state index contributed by atoms with van der Waals surface area (Å²) in [4.78, 5) is 253. The molecule has 3 rings (SSSR count). The zero-order valence-corrected chi connectivity index (χ0v) is 60.2. The van der Waals surface area contributed by atoms with Crippen LogP contribution in [-0.2, 0) is 110 Å². The third-order valence-electron chi connectivity index (χ3n) is 16.6. The maximum absolute atomic E-state index is 14.9. The molecule has 0 fully saturated rings. The van der Waals surface area contributed by atoms with E-state index >= 15 is 0 Å². The van der Waals surface area contributed by atoms with Crippen molar-refractivity contribution in [3.63, 3.8) is 0 Å². The summed E-state index contributed by atoms with van der Waals surface area (Å²) in [5.74, 6) is -19.7. The number of amides is 18. The van der Waals surface area contributed by atoms with Gasteiger partial charge in [0.25, 0.3) is 0 Å². The van der Waals surface area contributed by atoms with Crippen molar-refractivity contribution in [1.82, 2.24) is 58.5 Å². The molecule has 28 N–H and O–H groups in total. The van der Waals surface area contributed by atoms with E-state index in [-0.39, 0.29) is 57.9 Å². The summed E-state index contributed by atoms with van der Waals surface area (Å²) in [5.41, 5.74) is 44.8. The lowest BCUT2D eigenvalue weighted by Gasteiger charge is -2.28. The maximum atomic E-state index is 14.9. The molecule has 0 bridgehead atoms. The molecule has 3 aromatic carbocycles. The monoisotopic (exact) mass is 1530 g/mol. The normalized spacial score (nSPS) is 13.9. The number of rotatable bonds is 53. The molecule has 0 aliphatic rings. The van der Waals surface area contributed by atoms with Gasteiger partial charge in [0.15, 0.2) is 0 Å². The van der Waals surface area contributed by atoms with Crippen LogP contribution in [0, 0.1) is 0 Å². The van der Waals surface area contributed by atoms with E-state index in [2.05, 4.69) is 58.5 Å². The number of carbonyl (C=O) groups is 19. The summed E-state index contributed by atoms with van der Waals surface area (Å²) >= 11 is 0. The standard InChI is InChI=1S/C70H99N19O20/c1-38(90)79-44(21-28-54(73)92)62(101)82-46(23-30-56(75)94)64(103)81-43(19-11-12-34-71)61(100)87-50(35-39-13-5-2-6-14-39)68(107)84-47(24-31-57(76)95)66(105)88-51(36-40-15-7-3-8-16-40)69(108)85-48(25-32-58(77)96)67(106)89-52(37-41-17-9-4-10-18-41)70(109)86-49(26-33-59(97)98)65(104)83-45(22-29-55(74)93)63(102)80-42(60(78)99)20-27-53(72)91/h2-10,13-18,42-52H,11-12,19-37,71H2,1H3,(H2,72,91)(H2,73,92)(H2,74,93)(H2,75,94)(H2,76,95)(H2,77,96)(H2,78,99)(H,79,90)(H,80,102)(H,81,103)(H,82,101)(H,83,104)(H,84,107)(H,85,108)(H,86,109)(H,87,100)(H,88,105)(H,89,106)(H,97,98)/t42-,43-,44-,45-,46-,47-,48-,49-,50-,51-,52-/m0/s1. The second kappa shape index (κ2) is 47.9. The zero-order valence-electron chi connectivity index (χ0n) is 60.2. The van der Waals surface area contributed by atoms with Gasteiger partial charge in [0, 0.05) is 71.1 Å². The molecule has 0 heterocycles. The van der Waals surface area contributed by atoms with Crippen LogP contribution in [0.4, 0.5) is 0 Å². The van der Waals surface area contributed by atoms with Gasteiger partial charge in [0.2, 0.25) is 106 Å². The first-order valence-electron chi connectivity index (χ1n) is 34.9. The fraction of sp³-hybridized carbons (Fsp3) is 0.471. The van der Waals surface area contributed by atoms with Crippen LogP contribution in [0.2, 0.25) is 0 Å². The molecular weight excluding hydrogens is 1430 g/mol. The molecule has 0 aromatic heterocycles. The predicted molar refractivity (Wildman–Crippen MR) is 387 cm³/mol. The molecule has 3 aromatic rings. The third kappa shape index (κ3) is 36.4. The van der Waals surface area contributed by atoms with E-state index in [1.165, 1.54) is 0 Å². The number of carboxylic acids is 1. The Kier molecular flexibility index (Phi) is 39.9. The van der Waals surface area contributed by atoms with Crippen molar-refractivity contribution in [2.45, 2.75) is 202 Å². The molecule has 39 nitrogen and oxygen atoms in total. The number of aliphatic carboxylic acids is 1. The van der Waals surface area contributed by atoms with Gasteiger partial charge in [-0.2, -0.15) is 0 Å². The number of carbonyl (C=O) groups excluding carboxylic acids is 18. The van der Waals surface area contributed by atoms with Gasteiger partial charge in [-0.25, -0.2) is 0 Å². The maximum Gasteiger partial charge on any atom is 0.303 e. The molecule has 0 aliphatic heterocycles. The molecule has 594 valence electrons. The van der Waals surface area contributed by atoms with Gasteiger partial charge in [-0.1, -0.05) is 91.0 Å². The number of benzene rings is 3. The van der Waals surface area contributed by atoms with Gasteiger partial charge in [-0.05, 0) is 87.4 Å². The molecule has 0 radical (unpaired) electrons. The summed E-state index contributed by atoms with van der Waals surface area (Å²) in [6.45, 7) is 1.23. The molecule has 0 unspecified atom stereocenters. The van der Waals surface area contributed by atoms with Crippen molar-refractivity contribution in [3.05, 3.63) is 108 Å². The van der Waals surface area contributed by atoms with Crippen LogP contribution in [-0.4, -0.2) is 190 Å². The zero-order chi connectivity index (χ0) is 81.3. The van der Waals surface area contributed by atoms with Crippen LogP contribution in [0.1, 0.15) is 133 Å². The average Bonchev–Trinajstić information content (AvgIpc) is 0.850. The minimum Gasteiger partial charge on any atom is -0.481 e. The van der Waals surface area contributed by atoms with Crippen molar-refractivity contribution in [3.8, 4) is 0 Å². The molecule has 11 atom stereocenters. The predicted octanol–water partition coefficient (Wildman–Crippen LogP) is -6.86. The van der Waals surface area contributed by atoms with E-state index in [1.54, 1.807) is 91.0 Å². The number of carboxylic acid groups (broad SMARTS) is 1. The molecule has 0 saturated carbocycles. The van der Waals surface area contributed by atoms with E-state index in [1.807, 2.05) is 0 Å². The summed E-state index contributed by atoms with van der Waals surface area (Å²) in [6.07, 6.45) is -7.83. The fourth-order valence-electron chi connectivity index (χ4n) is 10.8. The molecule has 0 saturated heterocycles. The lowest BCUT2D eigenvalue weighted by atomic mass is 10.0. The van der Waals surface area contributed by atoms with Crippen LogP contribution in [0.5, 0.6) is 0 Å². The number of nitrogens with one attached hydrogen (secondary N) is 11. The van der Waals surface area contributed by atoms with Crippen molar-refractivity contribution >= 4 is 112 Å². The van der Waals surface area contributed by atoms with E-state index in [4.69, 9.17) is 45.9 Å². The van der Waals surface area contributed by atoms with Crippen molar-refractivity contribution < 1.29 is 96.2 Å². The van der Waals surface area contributed by atoms with Gasteiger partial charge in [0.05, 0.1) is 0 Å². The molecular formula is C70H99N19O20. The molecule has 0 spiro atoms. The summed E-state index contributed by atoms with van der Waals surface area (Å²) in [5, 5.41) is 36.7. The Morgan fingerprint density at radius 1 is 0.275 bits per heavy atom. The second-order valence-electron chi connectivity index (χ2n) is 25.6. The first kappa shape index (κ1) is 90.8. The highest BCUT2D eigenvalue weighted by Crippen LogP contribution is 2.15. The van der Waals surface area contributed by atoms with Gasteiger partial charge in [-0.3, -0.25) is 91.1 Å². The Morgan fingerprint density at radius 3 is 0.697 bits per heavy atom. The Hall–Kier alpha value is -12.5. The van der Waals surface area contributed by atoms with Crippen LogP contribution in [0.25, 0.3) is 0 Å². The summed E-state index contributed by atoms with van der Waals surface area (Å²) < 4.78 is 0. The Morgan fingerprint density at radius 2 is 0.477 bits per heavy atom. The first-order valence-corrected chi connectivity index (χ1v) is 34.9. The SMILES string of the molecule is CC(=O)N[C@@H](CCC(N)=O)C(=O)N[C@@H](CCC(N)=O)C(=O)N[C@@H](CCCCN)C(=O)N[C@@H](Cc1ccccc1)C(=O)N[C@@H](CCC(N)=O)C(=O)N[C@@H](Cc1ccccc1)C(=O)N[C@@H](CCC(N)=O)C(=O)N[C@@H](Cc1ccccc1)C(=O)N[C@@H](CCC(=O)O)C(=O)N[C@@H](CCC(N)=O)C(=O)N[C@@H](CCC(N)=O)C(N)=O. The van der Waals surface area contributed by atoms with E-state index in [0.717, 1.165) is 6.92 Å². The van der Waals surface area contributed by atoms with Crippen LogP contribution >= 0.6 is 0 Å². The quantitative estimate of drug-likeness (QED) is 0.0234. The number of hydrogen-bond donors (Lipinski definition) is 20. The van der Waals surface area contributed by atoms with Crippen molar-refractivity contribution in [2.75, 3.05) is 6.54 Å². The van der Waals surface area contributed by atoms with E-state index in [9.17, 15) is 96.2 Å². The molecule has 39 heteroatoms. The van der Waals surface area contributed by atoms with Crippen LogP contribution < -0.4 is 104 Å². The third-order valence-corrected chi connectivity index (χ3v) is 16.6. The summed E-state index contributed by atoms with van der Waals surface area (Å²) in [6, 6.07) is 5.60. The number of hydrogen-bond acceptors (Lipinski definition) is 20. The van der Waals surface area contributed by atoms with Gasteiger partial charge in [-0.15, -0.1) is 0 Å². The van der Waals surface area contributed by atoms with Gasteiger partial charge >= 0.3 is 5.97 Å². The molecule has 0 aliphatic carbocycles.